The van der Waals surface area contributed by atoms with E-state index in [9.17, 15) is 23.1 Å². The Hall–Kier alpha value is -4.39. The van der Waals surface area contributed by atoms with Crippen LogP contribution in [0.4, 0.5) is 5.69 Å². The second-order valence-electron chi connectivity index (χ2n) is 10.2. The Kier molecular flexibility index (Phi) is 9.84. The van der Waals surface area contributed by atoms with E-state index in [4.69, 9.17) is 21.6 Å². The lowest BCUT2D eigenvalue weighted by molar-refractivity contribution is -0.134. The summed E-state index contributed by atoms with van der Waals surface area (Å²) in [6.07, 6.45) is 7.72. The van der Waals surface area contributed by atoms with Crippen molar-refractivity contribution in [2.24, 2.45) is 16.5 Å². The molecule has 1 fully saturated rings. The smallest absolute Gasteiger partial charge is 0.320 e. The summed E-state index contributed by atoms with van der Waals surface area (Å²) in [5, 5.41) is 16.8. The molecule has 0 aromatic heterocycles. The summed E-state index contributed by atoms with van der Waals surface area (Å²) >= 11 is 0. The Balaban J connectivity index is 1.54. The predicted octanol–water partition coefficient (Wildman–Crippen LogP) is 2.43. The van der Waals surface area contributed by atoms with Crippen LogP contribution in [0.1, 0.15) is 53.6 Å². The van der Waals surface area contributed by atoms with Crippen molar-refractivity contribution in [2.75, 3.05) is 36.2 Å². The second-order valence-corrected chi connectivity index (χ2v) is 12.1. The maximum atomic E-state index is 13.1. The number of sulfonamides is 1. The second kappa shape index (κ2) is 13.5. The van der Waals surface area contributed by atoms with Crippen molar-refractivity contribution in [2.45, 2.75) is 38.2 Å². The largest absolute Gasteiger partial charge is 0.489 e. The molecule has 1 saturated heterocycles. The lowest BCUT2D eigenvalue weighted by atomic mass is 10.0. The number of ether oxygens (including phenoxy) is 1. The summed E-state index contributed by atoms with van der Waals surface area (Å²) in [7, 11) is -4.33. The van der Waals surface area contributed by atoms with E-state index in [1.165, 1.54) is 24.3 Å². The number of hydrogen-bond donors (Lipinski definition) is 4. The first-order valence-electron chi connectivity index (χ1n) is 13.8. The van der Waals surface area contributed by atoms with Gasteiger partial charge in [-0.2, -0.15) is 0 Å². The number of amides is 1. The summed E-state index contributed by atoms with van der Waals surface area (Å²) < 4.78 is 33.2. The molecule has 0 unspecified atom stereocenters. The highest BCUT2D eigenvalue weighted by molar-refractivity contribution is 7.93. The zero-order chi connectivity index (χ0) is 30.3. The van der Waals surface area contributed by atoms with Crippen LogP contribution in [0, 0.1) is 5.41 Å². The van der Waals surface area contributed by atoms with E-state index < -0.39 is 27.7 Å². The number of nitrogen functional groups attached to an aromatic ring is 1. The molecular formula is C29H36N6O6S. The van der Waals surface area contributed by atoms with Crippen LogP contribution in [0.15, 0.2) is 53.5 Å². The number of nitrogens with zero attached hydrogens (tertiary/aromatic N) is 3. The fraction of sp³-hybridized carbons (Fsp3) is 0.379. The van der Waals surface area contributed by atoms with Crippen LogP contribution in [0.2, 0.25) is 0 Å². The van der Waals surface area contributed by atoms with Crippen molar-refractivity contribution in [1.82, 2.24) is 4.90 Å². The fourth-order valence-electron chi connectivity index (χ4n) is 5.03. The van der Waals surface area contributed by atoms with Crippen LogP contribution in [0.3, 0.4) is 0 Å². The molecule has 2 aromatic rings. The van der Waals surface area contributed by atoms with Gasteiger partial charge < -0.3 is 26.2 Å². The monoisotopic (exact) mass is 596 g/mol. The molecule has 12 nitrogen and oxygen atoms in total. The fourth-order valence-corrected chi connectivity index (χ4v) is 6.24. The number of carboxylic acids is 1. The van der Waals surface area contributed by atoms with Crippen molar-refractivity contribution < 1.29 is 27.9 Å². The SMILES string of the molecule is N=C(N)c1cccc(/C=C/CN(c2ccc(OC3CCN(C4=NCCCC4)CC3)c(C(N)=O)c2)S(=O)(=O)CC(=O)O)c1. The van der Waals surface area contributed by atoms with Crippen LogP contribution < -0.4 is 20.5 Å². The van der Waals surface area contributed by atoms with Gasteiger partial charge in [-0.05, 0) is 42.7 Å². The Morgan fingerprint density at radius 1 is 1.14 bits per heavy atom. The van der Waals surface area contributed by atoms with Gasteiger partial charge in [-0.3, -0.25) is 24.3 Å². The number of rotatable bonds is 11. The number of amidine groups is 2. The zero-order valence-corrected chi connectivity index (χ0v) is 24.1. The molecule has 42 heavy (non-hydrogen) atoms. The van der Waals surface area contributed by atoms with Gasteiger partial charge in [0, 0.05) is 44.5 Å². The predicted molar refractivity (Wildman–Crippen MR) is 162 cm³/mol. The molecule has 13 heteroatoms. The minimum Gasteiger partial charge on any atom is -0.489 e. The van der Waals surface area contributed by atoms with E-state index in [2.05, 4.69) is 9.89 Å². The molecule has 0 saturated carbocycles. The summed E-state index contributed by atoms with van der Waals surface area (Å²) in [6.45, 7) is 2.22. The van der Waals surface area contributed by atoms with Gasteiger partial charge in [-0.1, -0.05) is 30.4 Å². The number of aliphatic imine (C=N–C) groups is 1. The molecular weight excluding hydrogens is 560 g/mol. The highest BCUT2D eigenvalue weighted by atomic mass is 32.2. The molecule has 0 aliphatic carbocycles. The summed E-state index contributed by atoms with van der Waals surface area (Å²) in [5.74, 6) is -2.18. The number of carbonyl (C=O) groups is 2. The highest BCUT2D eigenvalue weighted by Crippen LogP contribution is 2.30. The molecule has 4 rings (SSSR count). The van der Waals surface area contributed by atoms with Gasteiger partial charge in [0.1, 0.15) is 17.7 Å². The van der Waals surface area contributed by atoms with E-state index in [-0.39, 0.29) is 35.5 Å². The number of likely N-dealkylation sites (tertiary alicyclic amines) is 1. The van der Waals surface area contributed by atoms with E-state index in [0.717, 1.165) is 61.9 Å². The van der Waals surface area contributed by atoms with Gasteiger partial charge in [0.25, 0.3) is 5.91 Å². The van der Waals surface area contributed by atoms with Crippen molar-refractivity contribution in [3.63, 3.8) is 0 Å². The van der Waals surface area contributed by atoms with Gasteiger partial charge in [-0.15, -0.1) is 0 Å². The van der Waals surface area contributed by atoms with Crippen LogP contribution in [-0.4, -0.2) is 80.0 Å². The third-order valence-corrected chi connectivity index (χ3v) is 8.78. The average Bonchev–Trinajstić information content (AvgIpc) is 2.96. The van der Waals surface area contributed by atoms with Gasteiger partial charge in [0.2, 0.25) is 10.0 Å². The lowest BCUT2D eigenvalue weighted by Crippen LogP contribution is -2.42. The molecule has 2 aromatic carbocycles. The van der Waals surface area contributed by atoms with Crippen molar-refractivity contribution in [3.8, 4) is 5.75 Å². The minimum atomic E-state index is -4.33. The molecule has 0 spiro atoms. The topological polar surface area (TPSA) is 192 Å². The highest BCUT2D eigenvalue weighted by Gasteiger charge is 2.28. The number of piperidine rings is 1. The minimum absolute atomic E-state index is 0.000231. The van der Waals surface area contributed by atoms with Crippen molar-refractivity contribution in [1.29, 1.82) is 5.41 Å². The first-order chi connectivity index (χ1) is 20.0. The molecule has 0 bridgehead atoms. The summed E-state index contributed by atoms with van der Waals surface area (Å²) in [4.78, 5) is 30.7. The molecule has 0 atom stereocenters. The Morgan fingerprint density at radius 2 is 1.90 bits per heavy atom. The molecule has 2 aliphatic rings. The molecule has 2 aliphatic heterocycles. The molecule has 224 valence electrons. The van der Waals surface area contributed by atoms with E-state index >= 15 is 0 Å². The van der Waals surface area contributed by atoms with Crippen LogP contribution in [-0.2, 0) is 14.8 Å². The van der Waals surface area contributed by atoms with Crippen LogP contribution in [0.25, 0.3) is 6.08 Å². The summed E-state index contributed by atoms with van der Waals surface area (Å²) in [5.41, 5.74) is 12.5. The molecule has 1 amide bonds. The number of hydrogen-bond acceptors (Lipinski definition) is 8. The summed E-state index contributed by atoms with van der Waals surface area (Å²) in [6, 6.07) is 11.1. The normalized spacial score (nSPS) is 16.2. The van der Waals surface area contributed by atoms with Gasteiger partial charge in [0.05, 0.1) is 23.6 Å². The standard InChI is InChI=1S/C29H36N6O6S/c30-28(31)21-7-3-5-20(17-21)6-4-14-35(42(39,40)19-27(36)37)22-9-10-25(24(18-22)29(32)38)41-23-11-15-34(16-12-23)26-8-1-2-13-33-26/h3-7,9-10,17-18,23H,1-2,8,11-16,19H2,(H3,30,31)(H2,32,38)(H,36,37)/b6-4+. The zero-order valence-electron chi connectivity index (χ0n) is 23.2. The molecule has 2 heterocycles. The Bertz CT molecular complexity index is 1500. The first-order valence-corrected chi connectivity index (χ1v) is 15.4. The van der Waals surface area contributed by atoms with Crippen molar-refractivity contribution >= 4 is 45.3 Å². The maximum Gasteiger partial charge on any atom is 0.320 e. The molecule has 0 radical (unpaired) electrons. The number of carbonyl (C=O) groups excluding carboxylic acids is 1. The maximum absolute atomic E-state index is 13.1. The number of nitrogens with one attached hydrogen (secondary N) is 1. The van der Waals surface area contributed by atoms with Gasteiger partial charge >= 0.3 is 5.97 Å². The Labute approximate surface area is 245 Å². The molecule has 6 N–H and O–H groups in total. The van der Waals surface area contributed by atoms with E-state index in [0.29, 0.717) is 11.1 Å². The first kappa shape index (κ1) is 30.6. The average molecular weight is 597 g/mol. The van der Waals surface area contributed by atoms with E-state index in [1.807, 2.05) is 0 Å². The number of primary amides is 1. The number of carboxylic acid groups (broad SMARTS) is 1. The number of benzene rings is 2. The van der Waals surface area contributed by atoms with Crippen LogP contribution in [0.5, 0.6) is 5.75 Å². The number of anilines is 1. The number of aliphatic carboxylic acids is 1. The lowest BCUT2D eigenvalue weighted by Gasteiger charge is -2.35. The van der Waals surface area contributed by atoms with E-state index in [1.54, 1.807) is 30.3 Å². The van der Waals surface area contributed by atoms with Crippen molar-refractivity contribution in [3.05, 3.63) is 65.2 Å². The third kappa shape index (κ3) is 7.87. The Morgan fingerprint density at radius 3 is 2.55 bits per heavy atom. The van der Waals surface area contributed by atoms with Gasteiger partial charge in [-0.25, -0.2) is 8.42 Å². The third-order valence-electron chi connectivity index (χ3n) is 7.14. The quantitative estimate of drug-likeness (QED) is 0.224. The number of nitrogens with two attached hydrogens (primary N) is 2. The van der Waals surface area contributed by atoms with Crippen LogP contribution >= 0.6 is 0 Å². The van der Waals surface area contributed by atoms with Gasteiger partial charge in [0.15, 0.2) is 5.75 Å².